The molecule has 48 valence electrons. The van der Waals surface area contributed by atoms with E-state index in [9.17, 15) is 0 Å². The minimum atomic E-state index is 0.750. The van der Waals surface area contributed by atoms with Crippen molar-refractivity contribution in [2.24, 2.45) is 5.92 Å². The van der Waals surface area contributed by atoms with Crippen molar-refractivity contribution in [2.75, 3.05) is 0 Å². The number of thioether (sulfide) groups is 2. The van der Waals surface area contributed by atoms with Gasteiger partial charge >= 0.3 is 0 Å². The predicted octanol–water partition coefficient (Wildman–Crippen LogP) is 2.84. The van der Waals surface area contributed by atoms with E-state index >= 15 is 0 Å². The predicted molar refractivity (Wildman–Crippen MR) is 45.4 cm³/mol. The summed E-state index contributed by atoms with van der Waals surface area (Å²) < 4.78 is 0.782. The van der Waals surface area contributed by atoms with Crippen molar-refractivity contribution in [3.8, 4) is 0 Å². The van der Waals surface area contributed by atoms with Crippen molar-refractivity contribution < 1.29 is 0 Å². The minimum absolute atomic E-state index is 0.750. The van der Waals surface area contributed by atoms with Crippen LogP contribution in [0, 0.1) is 5.92 Å². The maximum atomic E-state index is 2.31. The number of rotatable bonds is 0. The van der Waals surface area contributed by atoms with E-state index in [4.69, 9.17) is 0 Å². The molecule has 2 aliphatic heterocycles. The molecule has 0 bridgehead atoms. The number of hydrogen-bond acceptors (Lipinski definition) is 2. The van der Waals surface area contributed by atoms with Crippen LogP contribution >= 0.6 is 23.5 Å². The van der Waals surface area contributed by atoms with E-state index in [2.05, 4.69) is 23.8 Å². The molecule has 2 heteroatoms. The fraction of sp³-hybridized carbons (Fsp3) is 0.429. The third kappa shape index (κ3) is 0.849. The summed E-state index contributed by atoms with van der Waals surface area (Å²) >= 11 is 3.91. The third-order valence-corrected chi connectivity index (χ3v) is 4.32. The van der Waals surface area contributed by atoms with Crippen LogP contribution in [0.5, 0.6) is 0 Å². The lowest BCUT2D eigenvalue weighted by molar-refractivity contribution is 0.876. The van der Waals surface area contributed by atoms with Crippen molar-refractivity contribution in [1.82, 2.24) is 0 Å². The summed E-state index contributed by atoms with van der Waals surface area (Å²) in [5, 5.41) is 4.50. The Morgan fingerprint density at radius 3 is 3.11 bits per heavy atom. The lowest BCUT2D eigenvalue weighted by Gasteiger charge is -2.06. The summed E-state index contributed by atoms with van der Waals surface area (Å²) in [5.41, 5.74) is 1.53. The highest BCUT2D eigenvalue weighted by Gasteiger charge is 2.28. The summed E-state index contributed by atoms with van der Waals surface area (Å²) in [6.07, 6.45) is 2.31. The molecule has 0 saturated carbocycles. The molecular weight excluding hydrogens is 148 g/mol. The highest BCUT2D eigenvalue weighted by Crippen LogP contribution is 2.47. The lowest BCUT2D eigenvalue weighted by atomic mass is 10.1. The monoisotopic (exact) mass is 156 g/mol. The van der Waals surface area contributed by atoms with Gasteiger partial charge in [0.25, 0.3) is 0 Å². The van der Waals surface area contributed by atoms with Crippen molar-refractivity contribution >= 4 is 23.5 Å². The maximum absolute atomic E-state index is 2.31. The van der Waals surface area contributed by atoms with Gasteiger partial charge in [0.15, 0.2) is 0 Å². The molecule has 9 heavy (non-hydrogen) atoms. The van der Waals surface area contributed by atoms with Crippen molar-refractivity contribution in [3.63, 3.8) is 0 Å². The van der Waals surface area contributed by atoms with E-state index in [1.165, 1.54) is 5.57 Å². The van der Waals surface area contributed by atoms with Crippen LogP contribution in [0.25, 0.3) is 0 Å². The molecule has 2 heterocycles. The maximum Gasteiger partial charge on any atom is 0.0684 e. The zero-order chi connectivity index (χ0) is 6.27. The topological polar surface area (TPSA) is 0 Å². The van der Waals surface area contributed by atoms with Crippen LogP contribution in [0.15, 0.2) is 22.5 Å². The molecule has 0 aromatic rings. The van der Waals surface area contributed by atoms with Crippen molar-refractivity contribution in [2.45, 2.75) is 11.5 Å². The SMILES string of the molecule is CC1=CSC2SC=CC12. The molecule has 2 unspecified atom stereocenters. The van der Waals surface area contributed by atoms with E-state index in [0.717, 1.165) is 10.5 Å². The third-order valence-electron chi connectivity index (χ3n) is 1.71. The molecule has 2 rings (SSSR count). The van der Waals surface area contributed by atoms with Gasteiger partial charge in [-0.25, -0.2) is 0 Å². The Morgan fingerprint density at radius 1 is 1.44 bits per heavy atom. The molecule has 0 N–H and O–H groups in total. The molecular formula is C7H8S2. The fourth-order valence-corrected chi connectivity index (χ4v) is 3.60. The standard InChI is InChI=1S/C7H8S2/c1-5-4-9-7-6(5)2-3-8-7/h2-4,6-7H,1H3. The molecule has 2 aliphatic rings. The van der Waals surface area contributed by atoms with Gasteiger partial charge in [-0.1, -0.05) is 11.6 Å². The van der Waals surface area contributed by atoms with Gasteiger partial charge in [0.05, 0.1) is 4.58 Å². The highest BCUT2D eigenvalue weighted by molar-refractivity contribution is 8.20. The van der Waals surface area contributed by atoms with Gasteiger partial charge in [-0.3, -0.25) is 0 Å². The molecule has 0 amide bonds. The average Bonchev–Trinajstić information content (AvgIpc) is 2.35. The van der Waals surface area contributed by atoms with Crippen LogP contribution in [0.2, 0.25) is 0 Å². The summed E-state index contributed by atoms with van der Waals surface area (Å²) in [6.45, 7) is 2.22. The van der Waals surface area contributed by atoms with Gasteiger partial charge in [0.2, 0.25) is 0 Å². The lowest BCUT2D eigenvalue weighted by Crippen LogP contribution is -2.01. The molecule has 0 aliphatic carbocycles. The molecule has 0 radical (unpaired) electrons. The molecule has 0 saturated heterocycles. The quantitative estimate of drug-likeness (QED) is 0.529. The first kappa shape index (κ1) is 5.93. The second-order valence-electron chi connectivity index (χ2n) is 2.36. The zero-order valence-electron chi connectivity index (χ0n) is 5.20. The van der Waals surface area contributed by atoms with Crippen LogP contribution in [0.1, 0.15) is 6.92 Å². The number of hydrogen-bond donors (Lipinski definition) is 0. The first-order chi connectivity index (χ1) is 4.38. The second kappa shape index (κ2) is 2.10. The van der Waals surface area contributed by atoms with Crippen LogP contribution in [0.3, 0.4) is 0 Å². The Labute approximate surface area is 63.8 Å². The van der Waals surface area contributed by atoms with Crippen LogP contribution in [-0.4, -0.2) is 4.58 Å². The summed E-state index contributed by atoms with van der Waals surface area (Å²) in [7, 11) is 0. The van der Waals surface area contributed by atoms with E-state index in [1.807, 2.05) is 23.5 Å². The van der Waals surface area contributed by atoms with E-state index in [0.29, 0.717) is 0 Å². The zero-order valence-corrected chi connectivity index (χ0v) is 6.84. The van der Waals surface area contributed by atoms with Crippen LogP contribution in [-0.2, 0) is 0 Å². The Bertz CT molecular complexity index is 181. The first-order valence-electron chi connectivity index (χ1n) is 3.02. The van der Waals surface area contributed by atoms with Gasteiger partial charge < -0.3 is 0 Å². The highest BCUT2D eigenvalue weighted by atomic mass is 32.2. The molecule has 0 nitrogen and oxygen atoms in total. The number of fused-ring (bicyclic) bond motifs is 1. The summed E-state index contributed by atoms with van der Waals surface area (Å²) in [4.78, 5) is 0. The van der Waals surface area contributed by atoms with Gasteiger partial charge in [-0.05, 0) is 17.7 Å². The minimum Gasteiger partial charge on any atom is -0.119 e. The van der Waals surface area contributed by atoms with E-state index < -0.39 is 0 Å². The first-order valence-corrected chi connectivity index (χ1v) is 4.91. The van der Waals surface area contributed by atoms with Crippen molar-refractivity contribution in [1.29, 1.82) is 0 Å². The van der Waals surface area contributed by atoms with Gasteiger partial charge in [0, 0.05) is 5.92 Å². The molecule has 0 fully saturated rings. The Kier molecular flexibility index (Phi) is 1.38. The normalized spacial score (nSPS) is 39.0. The van der Waals surface area contributed by atoms with Gasteiger partial charge in [-0.15, -0.1) is 23.5 Å². The van der Waals surface area contributed by atoms with Crippen LogP contribution in [0.4, 0.5) is 0 Å². The summed E-state index contributed by atoms with van der Waals surface area (Å²) in [6, 6.07) is 0. The van der Waals surface area contributed by atoms with Crippen molar-refractivity contribution in [3.05, 3.63) is 22.5 Å². The van der Waals surface area contributed by atoms with Crippen LogP contribution < -0.4 is 0 Å². The average molecular weight is 156 g/mol. The number of allylic oxidation sites excluding steroid dienone is 2. The largest absolute Gasteiger partial charge is 0.119 e. The molecule has 0 aromatic heterocycles. The summed E-state index contributed by atoms with van der Waals surface area (Å²) in [5.74, 6) is 0.750. The van der Waals surface area contributed by atoms with Gasteiger partial charge in [0.1, 0.15) is 0 Å². The fourth-order valence-electron chi connectivity index (χ4n) is 1.12. The Hall–Kier alpha value is 0.180. The molecule has 2 atom stereocenters. The smallest absolute Gasteiger partial charge is 0.0684 e. The van der Waals surface area contributed by atoms with Gasteiger partial charge in [-0.2, -0.15) is 0 Å². The van der Waals surface area contributed by atoms with E-state index in [1.54, 1.807) is 0 Å². The Balaban J connectivity index is 2.25. The van der Waals surface area contributed by atoms with E-state index in [-0.39, 0.29) is 0 Å². The second-order valence-corrected chi connectivity index (χ2v) is 4.72. The molecule has 0 spiro atoms. The molecule has 0 aromatic carbocycles. The Morgan fingerprint density at radius 2 is 2.33 bits per heavy atom.